The molecule has 7 heteroatoms. The maximum Gasteiger partial charge on any atom is 0.319 e. The van der Waals surface area contributed by atoms with Gasteiger partial charge in [0.15, 0.2) is 0 Å². The molecule has 134 valence electrons. The van der Waals surface area contributed by atoms with Crippen LogP contribution in [0.1, 0.15) is 24.6 Å². The predicted octanol–water partition coefficient (Wildman–Crippen LogP) is 3.90. The van der Waals surface area contributed by atoms with Gasteiger partial charge in [-0.2, -0.15) is 0 Å². The number of carbonyl (C=O) groups excluding carboxylic acids is 1. The largest absolute Gasteiger partial charge is 0.495 e. The first-order valence-corrected chi connectivity index (χ1v) is 8.71. The minimum atomic E-state index is -0.309. The van der Waals surface area contributed by atoms with Gasteiger partial charge in [0.2, 0.25) is 0 Å². The van der Waals surface area contributed by atoms with Crippen LogP contribution in [-0.4, -0.2) is 37.7 Å². The van der Waals surface area contributed by atoms with Crippen LogP contribution in [-0.2, 0) is 0 Å². The Morgan fingerprint density at radius 2 is 2.16 bits per heavy atom. The summed E-state index contributed by atoms with van der Waals surface area (Å²) < 4.78 is 10.8. The zero-order valence-electron chi connectivity index (χ0n) is 14.1. The topological polar surface area (TPSA) is 66.7 Å². The lowest BCUT2D eigenvalue weighted by atomic mass is 10.2. The van der Waals surface area contributed by atoms with Crippen LogP contribution >= 0.6 is 11.6 Å². The van der Waals surface area contributed by atoms with Gasteiger partial charge in [-0.25, -0.2) is 4.79 Å². The monoisotopic (exact) mass is 363 g/mol. The zero-order chi connectivity index (χ0) is 17.6. The highest BCUT2D eigenvalue weighted by Crippen LogP contribution is 2.28. The summed E-state index contributed by atoms with van der Waals surface area (Å²) in [5.74, 6) is 1.42. The number of rotatable bonds is 6. The number of methoxy groups -OCH3 is 1. The van der Waals surface area contributed by atoms with E-state index in [-0.39, 0.29) is 12.1 Å². The summed E-state index contributed by atoms with van der Waals surface area (Å²) in [6.45, 7) is 2.48. The van der Waals surface area contributed by atoms with Gasteiger partial charge in [0, 0.05) is 11.6 Å². The number of hydrogen-bond donors (Lipinski definition) is 2. The molecular formula is C18H22ClN3O3. The Balaban J connectivity index is 1.63. The van der Waals surface area contributed by atoms with Crippen LogP contribution in [0.2, 0.25) is 5.02 Å². The van der Waals surface area contributed by atoms with Gasteiger partial charge in [-0.05, 0) is 56.3 Å². The van der Waals surface area contributed by atoms with Crippen molar-refractivity contribution in [3.8, 4) is 5.75 Å². The molecule has 25 heavy (non-hydrogen) atoms. The van der Waals surface area contributed by atoms with Crippen LogP contribution in [0.3, 0.4) is 0 Å². The molecule has 0 aliphatic carbocycles. The lowest BCUT2D eigenvalue weighted by molar-refractivity contribution is 0.206. The molecular weight excluding hydrogens is 342 g/mol. The van der Waals surface area contributed by atoms with Gasteiger partial charge < -0.3 is 19.8 Å². The number of halogens is 1. The quantitative estimate of drug-likeness (QED) is 0.816. The number of urea groups is 1. The molecule has 1 fully saturated rings. The molecule has 1 unspecified atom stereocenters. The van der Waals surface area contributed by atoms with Crippen molar-refractivity contribution in [2.45, 2.75) is 18.9 Å². The normalized spacial score (nSPS) is 15.8. The van der Waals surface area contributed by atoms with Crippen LogP contribution in [0.25, 0.3) is 0 Å². The maximum atomic E-state index is 12.3. The number of anilines is 1. The Morgan fingerprint density at radius 3 is 2.84 bits per heavy atom. The van der Waals surface area contributed by atoms with Gasteiger partial charge in [-0.3, -0.25) is 4.90 Å². The summed E-state index contributed by atoms with van der Waals surface area (Å²) in [6.07, 6.45) is 4.00. The van der Waals surface area contributed by atoms with Gasteiger partial charge in [-0.1, -0.05) is 11.6 Å². The Bertz CT molecular complexity index is 700. The highest BCUT2D eigenvalue weighted by molar-refractivity contribution is 6.31. The van der Waals surface area contributed by atoms with Gasteiger partial charge in [0.1, 0.15) is 11.5 Å². The second-order valence-corrected chi connectivity index (χ2v) is 6.39. The van der Waals surface area contributed by atoms with E-state index in [4.69, 9.17) is 20.8 Å². The molecule has 1 atom stereocenters. The number of furan rings is 1. The Kier molecular flexibility index (Phi) is 5.83. The predicted molar refractivity (Wildman–Crippen MR) is 97.3 cm³/mol. The van der Waals surface area contributed by atoms with E-state index in [0.717, 1.165) is 18.8 Å². The summed E-state index contributed by atoms with van der Waals surface area (Å²) in [7, 11) is 1.55. The Hall–Kier alpha value is -2.18. The Morgan fingerprint density at radius 1 is 1.36 bits per heavy atom. The van der Waals surface area contributed by atoms with E-state index in [1.54, 1.807) is 31.6 Å². The molecule has 0 spiro atoms. The van der Waals surface area contributed by atoms with Gasteiger partial charge >= 0.3 is 6.03 Å². The molecule has 2 heterocycles. The zero-order valence-corrected chi connectivity index (χ0v) is 14.9. The Labute approximate surface area is 152 Å². The number of nitrogens with zero attached hydrogens (tertiary/aromatic N) is 1. The molecule has 1 aliphatic heterocycles. The fourth-order valence-corrected chi connectivity index (χ4v) is 3.25. The van der Waals surface area contributed by atoms with Crippen LogP contribution in [0.4, 0.5) is 10.5 Å². The molecule has 0 bridgehead atoms. The van der Waals surface area contributed by atoms with E-state index in [1.165, 1.54) is 12.8 Å². The highest BCUT2D eigenvalue weighted by Gasteiger charge is 2.26. The van der Waals surface area contributed by atoms with Crippen LogP contribution in [0.15, 0.2) is 41.0 Å². The van der Waals surface area contributed by atoms with E-state index >= 15 is 0 Å². The summed E-state index contributed by atoms with van der Waals surface area (Å²) in [5, 5.41) is 6.23. The first-order chi connectivity index (χ1) is 12.2. The third-order valence-corrected chi connectivity index (χ3v) is 4.55. The number of benzene rings is 1. The van der Waals surface area contributed by atoms with Crippen molar-refractivity contribution in [3.05, 3.63) is 47.4 Å². The van der Waals surface area contributed by atoms with Crippen molar-refractivity contribution in [3.63, 3.8) is 0 Å². The summed E-state index contributed by atoms with van der Waals surface area (Å²) in [6, 6.07) is 8.63. The maximum absolute atomic E-state index is 12.3. The van der Waals surface area contributed by atoms with E-state index in [9.17, 15) is 4.79 Å². The second kappa shape index (κ2) is 8.27. The lowest BCUT2D eigenvalue weighted by Crippen LogP contribution is -2.38. The van der Waals surface area contributed by atoms with Crippen LogP contribution in [0.5, 0.6) is 5.75 Å². The number of hydrogen-bond acceptors (Lipinski definition) is 4. The number of likely N-dealkylation sites (tertiary alicyclic amines) is 1. The molecule has 1 aromatic carbocycles. The first-order valence-electron chi connectivity index (χ1n) is 8.33. The lowest BCUT2D eigenvalue weighted by Gasteiger charge is -2.26. The summed E-state index contributed by atoms with van der Waals surface area (Å²) in [5.41, 5.74) is 0.531. The number of carbonyl (C=O) groups is 1. The molecule has 2 amide bonds. The average molecular weight is 364 g/mol. The van der Waals surface area contributed by atoms with E-state index in [1.807, 2.05) is 12.1 Å². The van der Waals surface area contributed by atoms with Crippen LogP contribution < -0.4 is 15.4 Å². The third kappa shape index (κ3) is 4.46. The number of amides is 2. The first kappa shape index (κ1) is 17.6. The van der Waals surface area contributed by atoms with Crippen molar-refractivity contribution in [2.24, 2.45) is 0 Å². The molecule has 2 N–H and O–H groups in total. The smallest absolute Gasteiger partial charge is 0.319 e. The minimum Gasteiger partial charge on any atom is -0.495 e. The number of ether oxygens (including phenoxy) is 1. The minimum absolute atomic E-state index is 0.0320. The van der Waals surface area contributed by atoms with Crippen molar-refractivity contribution in [1.29, 1.82) is 0 Å². The fraction of sp³-hybridized carbons (Fsp3) is 0.389. The van der Waals surface area contributed by atoms with Crippen molar-refractivity contribution >= 4 is 23.3 Å². The molecule has 2 aromatic rings. The SMILES string of the molecule is COc1ccc(Cl)cc1NC(=O)NCC(c1ccco1)N1CCCC1. The van der Waals surface area contributed by atoms with Crippen molar-refractivity contribution in [1.82, 2.24) is 10.2 Å². The molecule has 0 radical (unpaired) electrons. The van der Waals surface area contributed by atoms with Gasteiger partial charge in [0.05, 0.1) is 25.1 Å². The molecule has 1 aromatic heterocycles. The highest BCUT2D eigenvalue weighted by atomic mass is 35.5. The van der Waals surface area contributed by atoms with Crippen LogP contribution in [0, 0.1) is 0 Å². The van der Waals surface area contributed by atoms with E-state index in [2.05, 4.69) is 15.5 Å². The van der Waals surface area contributed by atoms with Crippen molar-refractivity contribution < 1.29 is 13.9 Å². The summed E-state index contributed by atoms with van der Waals surface area (Å²) >= 11 is 5.99. The van der Waals surface area contributed by atoms with E-state index in [0.29, 0.717) is 23.0 Å². The fourth-order valence-electron chi connectivity index (χ4n) is 3.08. The van der Waals surface area contributed by atoms with E-state index < -0.39 is 0 Å². The third-order valence-electron chi connectivity index (χ3n) is 4.32. The molecule has 1 saturated heterocycles. The molecule has 1 aliphatic rings. The van der Waals surface area contributed by atoms with Gasteiger partial charge in [-0.15, -0.1) is 0 Å². The molecule has 3 rings (SSSR count). The standard InChI is InChI=1S/C18H22ClN3O3/c1-24-16-7-6-13(19)11-14(16)21-18(23)20-12-15(17-5-4-10-25-17)22-8-2-3-9-22/h4-7,10-11,15H,2-3,8-9,12H2,1H3,(H2,20,21,23). The van der Waals surface area contributed by atoms with Crippen molar-refractivity contribution in [2.75, 3.05) is 32.1 Å². The molecule has 0 saturated carbocycles. The second-order valence-electron chi connectivity index (χ2n) is 5.95. The average Bonchev–Trinajstić information content (AvgIpc) is 3.29. The van der Waals surface area contributed by atoms with Gasteiger partial charge in [0.25, 0.3) is 0 Å². The summed E-state index contributed by atoms with van der Waals surface area (Å²) in [4.78, 5) is 14.6. The number of nitrogens with one attached hydrogen (secondary N) is 2. The molecule has 6 nitrogen and oxygen atoms in total.